The van der Waals surface area contributed by atoms with Crippen LogP contribution in [0.1, 0.15) is 10.4 Å². The third-order valence-corrected chi connectivity index (χ3v) is 3.69. The summed E-state index contributed by atoms with van der Waals surface area (Å²) in [5, 5.41) is 13.5. The molecule has 0 aliphatic heterocycles. The quantitative estimate of drug-likeness (QED) is 0.487. The highest BCUT2D eigenvalue weighted by atomic mass is 79.9. The summed E-state index contributed by atoms with van der Waals surface area (Å²) in [5.41, 5.74) is 6.50. The largest absolute Gasteiger partial charge is 0.398 e. The van der Waals surface area contributed by atoms with Crippen LogP contribution in [0.15, 0.2) is 40.9 Å². The predicted molar refractivity (Wildman–Crippen MR) is 84.6 cm³/mol. The van der Waals surface area contributed by atoms with Crippen molar-refractivity contribution in [2.24, 2.45) is 0 Å². The molecular weight excluding hydrogens is 362 g/mol. The smallest absolute Gasteiger partial charge is 0.271 e. The Morgan fingerprint density at radius 3 is 2.62 bits per heavy atom. The molecule has 2 aromatic carbocycles. The van der Waals surface area contributed by atoms with E-state index in [2.05, 4.69) is 21.2 Å². The van der Waals surface area contributed by atoms with E-state index < -0.39 is 10.8 Å². The fourth-order valence-corrected chi connectivity index (χ4v) is 2.13. The lowest BCUT2D eigenvalue weighted by molar-refractivity contribution is -0.384. The Bertz CT molecular complexity index is 737. The summed E-state index contributed by atoms with van der Waals surface area (Å²) in [6.07, 6.45) is 0. The van der Waals surface area contributed by atoms with Gasteiger partial charge in [-0.1, -0.05) is 11.6 Å². The molecule has 0 aromatic heterocycles. The molecule has 108 valence electrons. The molecular formula is C13H9BrClN3O3. The molecule has 2 aromatic rings. The minimum absolute atomic E-state index is 0.159. The number of benzene rings is 2. The van der Waals surface area contributed by atoms with Gasteiger partial charge in [-0.3, -0.25) is 14.9 Å². The number of hydrogen-bond donors (Lipinski definition) is 2. The summed E-state index contributed by atoms with van der Waals surface area (Å²) in [4.78, 5) is 22.3. The van der Waals surface area contributed by atoms with Crippen molar-refractivity contribution in [3.8, 4) is 0 Å². The summed E-state index contributed by atoms with van der Waals surface area (Å²) in [6, 6.07) is 8.49. The molecule has 0 aliphatic carbocycles. The number of nitro groups is 1. The Balaban J connectivity index is 2.28. The van der Waals surface area contributed by atoms with E-state index in [9.17, 15) is 14.9 Å². The van der Waals surface area contributed by atoms with Gasteiger partial charge >= 0.3 is 0 Å². The third-order valence-electron chi connectivity index (χ3n) is 2.67. The lowest BCUT2D eigenvalue weighted by Crippen LogP contribution is -2.12. The van der Waals surface area contributed by atoms with Crippen LogP contribution in [0.25, 0.3) is 0 Å². The van der Waals surface area contributed by atoms with Gasteiger partial charge in [0, 0.05) is 27.9 Å². The number of non-ortho nitro benzene ring substituents is 1. The molecule has 0 atom stereocenters. The highest BCUT2D eigenvalue weighted by molar-refractivity contribution is 9.10. The molecule has 0 bridgehead atoms. The van der Waals surface area contributed by atoms with E-state index in [1.54, 1.807) is 18.2 Å². The van der Waals surface area contributed by atoms with Crippen LogP contribution in [-0.2, 0) is 0 Å². The number of nitrogen functional groups attached to an aromatic ring is 1. The number of anilines is 2. The van der Waals surface area contributed by atoms with E-state index in [4.69, 9.17) is 17.3 Å². The molecule has 0 heterocycles. The zero-order valence-electron chi connectivity index (χ0n) is 10.5. The average Bonchev–Trinajstić information content (AvgIpc) is 2.43. The molecule has 0 fully saturated rings. The van der Waals surface area contributed by atoms with Crippen LogP contribution in [0.3, 0.4) is 0 Å². The van der Waals surface area contributed by atoms with Crippen molar-refractivity contribution < 1.29 is 9.72 Å². The van der Waals surface area contributed by atoms with Crippen molar-refractivity contribution in [1.82, 2.24) is 0 Å². The highest BCUT2D eigenvalue weighted by Gasteiger charge is 2.13. The van der Waals surface area contributed by atoms with E-state index >= 15 is 0 Å². The van der Waals surface area contributed by atoms with Crippen LogP contribution in [-0.4, -0.2) is 10.8 Å². The average molecular weight is 371 g/mol. The zero-order valence-corrected chi connectivity index (χ0v) is 12.8. The normalized spacial score (nSPS) is 10.2. The molecule has 0 aliphatic rings. The first-order valence-corrected chi connectivity index (χ1v) is 6.86. The van der Waals surface area contributed by atoms with Gasteiger partial charge in [-0.25, -0.2) is 0 Å². The van der Waals surface area contributed by atoms with Gasteiger partial charge in [-0.15, -0.1) is 0 Å². The standard InChI is InChI=1S/C13H9BrClN3O3/c14-9-5-7(1-4-11(9)16)13(19)17-12-6-8(18(20)21)2-3-10(12)15/h1-6H,16H2,(H,17,19). The van der Waals surface area contributed by atoms with Gasteiger partial charge < -0.3 is 11.1 Å². The van der Waals surface area contributed by atoms with Crippen molar-refractivity contribution in [2.45, 2.75) is 0 Å². The maximum atomic E-state index is 12.1. The Morgan fingerprint density at radius 2 is 2.00 bits per heavy atom. The number of carbonyl (C=O) groups excluding carboxylic acids is 1. The molecule has 0 spiro atoms. The number of nitrogens with one attached hydrogen (secondary N) is 1. The molecule has 21 heavy (non-hydrogen) atoms. The van der Waals surface area contributed by atoms with E-state index in [1.807, 2.05) is 0 Å². The van der Waals surface area contributed by atoms with Crippen molar-refractivity contribution in [3.63, 3.8) is 0 Å². The number of nitrogens with two attached hydrogens (primary N) is 1. The maximum absolute atomic E-state index is 12.1. The third kappa shape index (κ3) is 3.50. The Morgan fingerprint density at radius 1 is 1.29 bits per heavy atom. The van der Waals surface area contributed by atoms with Gasteiger partial charge in [0.2, 0.25) is 0 Å². The number of nitrogens with zero attached hydrogens (tertiary/aromatic N) is 1. The summed E-state index contributed by atoms with van der Waals surface area (Å²) >= 11 is 9.15. The van der Waals surface area contributed by atoms with Crippen LogP contribution < -0.4 is 11.1 Å². The van der Waals surface area contributed by atoms with Crippen molar-refractivity contribution in [2.75, 3.05) is 11.1 Å². The Kier molecular flexibility index (Phi) is 4.44. The second kappa shape index (κ2) is 6.11. The molecule has 0 saturated heterocycles. The Labute approximate surface area is 133 Å². The summed E-state index contributed by atoms with van der Waals surface area (Å²) in [7, 11) is 0. The fraction of sp³-hybridized carbons (Fsp3) is 0. The number of hydrogen-bond acceptors (Lipinski definition) is 4. The molecule has 0 radical (unpaired) electrons. The van der Waals surface area contributed by atoms with Gasteiger partial charge in [0.1, 0.15) is 0 Å². The molecule has 0 saturated carbocycles. The lowest BCUT2D eigenvalue weighted by Gasteiger charge is -2.08. The van der Waals surface area contributed by atoms with Crippen molar-refractivity contribution >= 4 is 50.5 Å². The van der Waals surface area contributed by atoms with Crippen LogP contribution >= 0.6 is 27.5 Å². The minimum atomic E-state index is -0.564. The zero-order chi connectivity index (χ0) is 15.6. The van der Waals surface area contributed by atoms with Crippen molar-refractivity contribution in [1.29, 1.82) is 0 Å². The van der Waals surface area contributed by atoms with Gasteiger partial charge in [-0.05, 0) is 40.2 Å². The molecule has 1 amide bonds. The van der Waals surface area contributed by atoms with Crippen molar-refractivity contribution in [3.05, 3.63) is 61.6 Å². The monoisotopic (exact) mass is 369 g/mol. The minimum Gasteiger partial charge on any atom is -0.398 e. The lowest BCUT2D eigenvalue weighted by atomic mass is 10.2. The van der Waals surface area contributed by atoms with Gasteiger partial charge in [-0.2, -0.15) is 0 Å². The number of carbonyl (C=O) groups is 1. The van der Waals surface area contributed by atoms with Gasteiger partial charge in [0.25, 0.3) is 11.6 Å². The summed E-state index contributed by atoms with van der Waals surface area (Å²) in [5.74, 6) is -0.446. The molecule has 2 rings (SSSR count). The molecule has 8 heteroatoms. The van der Waals surface area contributed by atoms with Crippen LogP contribution in [0.4, 0.5) is 17.1 Å². The molecule has 0 unspecified atom stereocenters. The summed E-state index contributed by atoms with van der Waals surface area (Å²) < 4.78 is 0.584. The predicted octanol–water partition coefficient (Wildman–Crippen LogP) is 3.85. The van der Waals surface area contributed by atoms with Crippen LogP contribution in [0.5, 0.6) is 0 Å². The fourth-order valence-electron chi connectivity index (χ4n) is 1.59. The number of amides is 1. The molecule has 6 nitrogen and oxygen atoms in total. The molecule has 3 N–H and O–H groups in total. The number of nitro benzene ring substituents is 1. The van der Waals surface area contributed by atoms with Gasteiger partial charge in [0.05, 0.1) is 15.6 Å². The topological polar surface area (TPSA) is 98.3 Å². The number of halogens is 2. The first-order chi connectivity index (χ1) is 9.88. The van der Waals surface area contributed by atoms with E-state index in [-0.39, 0.29) is 16.4 Å². The highest BCUT2D eigenvalue weighted by Crippen LogP contribution is 2.27. The first-order valence-electron chi connectivity index (χ1n) is 5.69. The first kappa shape index (κ1) is 15.3. The van der Waals surface area contributed by atoms with E-state index in [1.165, 1.54) is 18.2 Å². The second-order valence-electron chi connectivity index (χ2n) is 4.11. The summed E-state index contributed by atoms with van der Waals surface area (Å²) in [6.45, 7) is 0. The van der Waals surface area contributed by atoms with Crippen LogP contribution in [0.2, 0.25) is 5.02 Å². The SMILES string of the molecule is Nc1ccc(C(=O)Nc2cc([N+](=O)[O-])ccc2Cl)cc1Br. The van der Waals surface area contributed by atoms with Crippen LogP contribution in [0, 0.1) is 10.1 Å². The van der Waals surface area contributed by atoms with E-state index in [0.717, 1.165) is 0 Å². The van der Waals surface area contributed by atoms with Gasteiger partial charge in [0.15, 0.2) is 0 Å². The Hall–Kier alpha value is -2.12. The maximum Gasteiger partial charge on any atom is 0.271 e. The number of rotatable bonds is 3. The van der Waals surface area contributed by atoms with E-state index in [0.29, 0.717) is 15.7 Å². The second-order valence-corrected chi connectivity index (χ2v) is 5.37.